The van der Waals surface area contributed by atoms with E-state index in [0.29, 0.717) is 35.2 Å². The number of hydrogen-bond acceptors (Lipinski definition) is 1. The van der Waals surface area contributed by atoms with E-state index in [1.165, 1.54) is 64.2 Å². The summed E-state index contributed by atoms with van der Waals surface area (Å²) in [6, 6.07) is 0. The molecule has 0 heterocycles. The van der Waals surface area contributed by atoms with Crippen molar-refractivity contribution in [3.63, 3.8) is 0 Å². The second-order valence-corrected chi connectivity index (χ2v) is 11.9. The fourth-order valence-electron chi connectivity index (χ4n) is 8.25. The first-order chi connectivity index (χ1) is 13.8. The predicted octanol–water partition coefficient (Wildman–Crippen LogP) is 7.56. The van der Waals surface area contributed by atoms with Crippen molar-refractivity contribution < 1.29 is 5.11 Å². The van der Waals surface area contributed by atoms with Gasteiger partial charge in [0.25, 0.3) is 0 Å². The molecule has 29 heavy (non-hydrogen) atoms. The predicted molar refractivity (Wildman–Crippen MR) is 124 cm³/mol. The second-order valence-electron chi connectivity index (χ2n) is 11.9. The summed E-state index contributed by atoms with van der Waals surface area (Å²) in [6.07, 6.45) is 19.3. The van der Waals surface area contributed by atoms with E-state index in [4.69, 9.17) is 0 Å². The van der Waals surface area contributed by atoms with Gasteiger partial charge < -0.3 is 5.11 Å². The molecule has 1 heteroatoms. The van der Waals surface area contributed by atoms with Crippen LogP contribution in [-0.2, 0) is 0 Å². The Kier molecular flexibility index (Phi) is 6.11. The zero-order valence-electron chi connectivity index (χ0n) is 19.8. The Hall–Kier alpha value is -0.560. The van der Waals surface area contributed by atoms with Crippen LogP contribution in [-0.4, -0.2) is 11.7 Å². The molecule has 4 aliphatic rings. The van der Waals surface area contributed by atoms with E-state index in [0.717, 1.165) is 17.8 Å². The maximum absolute atomic E-state index is 9.45. The third kappa shape index (κ3) is 3.58. The molecule has 4 aliphatic carbocycles. The Labute approximate surface area is 180 Å². The van der Waals surface area contributed by atoms with Gasteiger partial charge in [0.15, 0.2) is 0 Å². The fraction of sp³-hybridized carbons (Fsp3) is 0.857. The van der Waals surface area contributed by atoms with Crippen LogP contribution in [0, 0.1) is 46.3 Å². The third-order valence-corrected chi connectivity index (χ3v) is 10.5. The number of aliphatic hydroxyl groups excluding tert-OH is 1. The number of rotatable bonds is 5. The zero-order chi connectivity index (χ0) is 20.8. The molecule has 1 N–H and O–H groups in total. The Morgan fingerprint density at radius 3 is 2.52 bits per heavy atom. The standard InChI is InChI=1S/C28H46O/c1-19(21(3)18-29)9-10-20(2)24-13-14-25-23-12-11-22-8-6-7-16-27(22,4)26(23)15-17-28(24,25)5/h9-10,19-22,24,26,29H,6-8,11-18H2,1-5H3/t19-,20+,21?,22?,24+,26-,27-,28+/m0/s1. The lowest BCUT2D eigenvalue weighted by molar-refractivity contribution is 0.0106. The largest absolute Gasteiger partial charge is 0.396 e. The summed E-state index contributed by atoms with van der Waals surface area (Å²) in [7, 11) is 0. The summed E-state index contributed by atoms with van der Waals surface area (Å²) in [5.74, 6) is 4.17. The van der Waals surface area contributed by atoms with Gasteiger partial charge in [0.1, 0.15) is 0 Å². The highest BCUT2D eigenvalue weighted by atomic mass is 16.3. The molecule has 0 aromatic rings. The van der Waals surface area contributed by atoms with Crippen LogP contribution in [0.5, 0.6) is 0 Å². The van der Waals surface area contributed by atoms with Gasteiger partial charge in [-0.25, -0.2) is 0 Å². The molecule has 1 nitrogen and oxygen atoms in total. The van der Waals surface area contributed by atoms with Gasteiger partial charge in [-0.3, -0.25) is 0 Å². The van der Waals surface area contributed by atoms with Crippen molar-refractivity contribution in [3.05, 3.63) is 23.3 Å². The Morgan fingerprint density at radius 2 is 1.76 bits per heavy atom. The van der Waals surface area contributed by atoms with Crippen LogP contribution in [0.3, 0.4) is 0 Å². The molecule has 0 amide bonds. The third-order valence-electron chi connectivity index (χ3n) is 10.5. The number of allylic oxidation sites excluding steroid dienone is 4. The quantitative estimate of drug-likeness (QED) is 0.474. The number of aliphatic hydroxyl groups is 1. The van der Waals surface area contributed by atoms with Gasteiger partial charge in [-0.15, -0.1) is 0 Å². The van der Waals surface area contributed by atoms with Crippen LogP contribution in [0.4, 0.5) is 0 Å². The van der Waals surface area contributed by atoms with Gasteiger partial charge in [-0.2, -0.15) is 0 Å². The van der Waals surface area contributed by atoms with Crippen molar-refractivity contribution in [2.45, 2.75) is 98.8 Å². The maximum Gasteiger partial charge on any atom is 0.0462 e. The monoisotopic (exact) mass is 398 g/mol. The summed E-state index contributed by atoms with van der Waals surface area (Å²) in [5, 5.41) is 9.45. The highest BCUT2D eigenvalue weighted by Gasteiger charge is 2.54. The minimum Gasteiger partial charge on any atom is -0.396 e. The normalized spacial score (nSPS) is 42.9. The number of hydrogen-bond donors (Lipinski definition) is 1. The molecule has 4 rings (SSSR count). The SMILES string of the molecule is CC(CO)[C@@H](C)C=C[C@@H](C)[C@H]1CCC2=C3CCC4CCCC[C@]4(C)[C@H]3CC[C@@]21C. The lowest BCUT2D eigenvalue weighted by Gasteiger charge is -2.56. The molecule has 8 atom stereocenters. The first-order valence-corrected chi connectivity index (χ1v) is 12.8. The average Bonchev–Trinajstić information content (AvgIpc) is 3.08. The molecule has 164 valence electrons. The van der Waals surface area contributed by atoms with E-state index >= 15 is 0 Å². The summed E-state index contributed by atoms with van der Waals surface area (Å²) < 4.78 is 0. The van der Waals surface area contributed by atoms with E-state index in [9.17, 15) is 5.11 Å². The Balaban J connectivity index is 1.56. The van der Waals surface area contributed by atoms with Crippen LogP contribution in [0.1, 0.15) is 98.8 Å². The zero-order valence-corrected chi connectivity index (χ0v) is 19.8. The van der Waals surface area contributed by atoms with Crippen LogP contribution in [0.15, 0.2) is 23.3 Å². The Bertz CT molecular complexity index is 659. The van der Waals surface area contributed by atoms with Crippen molar-refractivity contribution in [2.75, 3.05) is 6.61 Å². The first-order valence-electron chi connectivity index (χ1n) is 12.8. The highest BCUT2D eigenvalue weighted by molar-refractivity contribution is 5.35. The second kappa shape index (κ2) is 8.18. The molecule has 0 bridgehead atoms. The number of fused-ring (bicyclic) bond motifs is 4. The molecule has 0 radical (unpaired) electrons. The summed E-state index contributed by atoms with van der Waals surface area (Å²) >= 11 is 0. The van der Waals surface area contributed by atoms with Gasteiger partial charge in [0, 0.05) is 6.61 Å². The van der Waals surface area contributed by atoms with Crippen molar-refractivity contribution in [1.29, 1.82) is 0 Å². The van der Waals surface area contributed by atoms with E-state index in [-0.39, 0.29) is 0 Å². The average molecular weight is 399 g/mol. The van der Waals surface area contributed by atoms with Crippen molar-refractivity contribution in [3.8, 4) is 0 Å². The lowest BCUT2D eigenvalue weighted by Crippen LogP contribution is -2.46. The minimum absolute atomic E-state index is 0.290. The van der Waals surface area contributed by atoms with E-state index in [1.54, 1.807) is 0 Å². The molecule has 0 aromatic carbocycles. The minimum atomic E-state index is 0.290. The molecular weight excluding hydrogens is 352 g/mol. The topological polar surface area (TPSA) is 20.2 Å². The lowest BCUT2D eigenvalue weighted by atomic mass is 9.49. The highest BCUT2D eigenvalue weighted by Crippen LogP contribution is 2.65. The molecule has 3 saturated carbocycles. The van der Waals surface area contributed by atoms with Crippen LogP contribution < -0.4 is 0 Å². The van der Waals surface area contributed by atoms with Gasteiger partial charge >= 0.3 is 0 Å². The van der Waals surface area contributed by atoms with Gasteiger partial charge in [0.2, 0.25) is 0 Å². The molecule has 2 unspecified atom stereocenters. The van der Waals surface area contributed by atoms with Crippen molar-refractivity contribution in [2.24, 2.45) is 46.3 Å². The Morgan fingerprint density at radius 1 is 0.966 bits per heavy atom. The first kappa shape index (κ1) is 21.7. The van der Waals surface area contributed by atoms with E-state index in [2.05, 4.69) is 46.8 Å². The maximum atomic E-state index is 9.45. The molecule has 3 fully saturated rings. The van der Waals surface area contributed by atoms with Crippen LogP contribution >= 0.6 is 0 Å². The van der Waals surface area contributed by atoms with E-state index < -0.39 is 0 Å². The van der Waals surface area contributed by atoms with Gasteiger partial charge in [0.05, 0.1) is 0 Å². The molecule has 0 aromatic heterocycles. The van der Waals surface area contributed by atoms with E-state index in [1.807, 2.05) is 11.1 Å². The van der Waals surface area contributed by atoms with Gasteiger partial charge in [-0.1, -0.05) is 70.8 Å². The fourth-order valence-corrected chi connectivity index (χ4v) is 8.25. The molecular formula is C28H46O. The van der Waals surface area contributed by atoms with Gasteiger partial charge in [-0.05, 0) is 97.7 Å². The molecule has 0 saturated heterocycles. The molecule has 0 aliphatic heterocycles. The summed E-state index contributed by atoms with van der Waals surface area (Å²) in [4.78, 5) is 0. The smallest absolute Gasteiger partial charge is 0.0462 e. The van der Waals surface area contributed by atoms with Crippen molar-refractivity contribution in [1.82, 2.24) is 0 Å². The van der Waals surface area contributed by atoms with Crippen molar-refractivity contribution >= 4 is 0 Å². The van der Waals surface area contributed by atoms with Crippen LogP contribution in [0.25, 0.3) is 0 Å². The molecule has 0 spiro atoms. The summed E-state index contributed by atoms with van der Waals surface area (Å²) in [5.41, 5.74) is 4.92. The van der Waals surface area contributed by atoms with Crippen LogP contribution in [0.2, 0.25) is 0 Å². The summed E-state index contributed by atoms with van der Waals surface area (Å²) in [6.45, 7) is 12.5.